The molecule has 1 heterocycles. The SMILES string of the molecule is CCCCN(C)C(=O)c1ccc(Nc2ccccc2C(F)(F)F)cn1. The molecule has 7 heteroatoms. The number of halogens is 3. The zero-order chi connectivity index (χ0) is 18.4. The fourth-order valence-electron chi connectivity index (χ4n) is 2.28. The highest BCUT2D eigenvalue weighted by molar-refractivity contribution is 5.92. The third-order valence-electron chi connectivity index (χ3n) is 3.69. The molecule has 2 rings (SSSR count). The van der Waals surface area contributed by atoms with Gasteiger partial charge in [0.25, 0.3) is 5.91 Å². The highest BCUT2D eigenvalue weighted by atomic mass is 19.4. The molecule has 0 radical (unpaired) electrons. The van der Waals surface area contributed by atoms with Crippen LogP contribution in [0, 0.1) is 0 Å². The van der Waals surface area contributed by atoms with E-state index in [2.05, 4.69) is 10.3 Å². The van der Waals surface area contributed by atoms with Crippen LogP contribution in [0.15, 0.2) is 42.6 Å². The first kappa shape index (κ1) is 18.8. The summed E-state index contributed by atoms with van der Waals surface area (Å²) in [7, 11) is 1.70. The van der Waals surface area contributed by atoms with Gasteiger partial charge in [-0.15, -0.1) is 0 Å². The molecule has 0 aliphatic carbocycles. The molecular weight excluding hydrogens is 331 g/mol. The molecule has 0 aliphatic heterocycles. The lowest BCUT2D eigenvalue weighted by Crippen LogP contribution is -2.28. The van der Waals surface area contributed by atoms with Crippen molar-refractivity contribution >= 4 is 17.3 Å². The van der Waals surface area contributed by atoms with Crippen molar-refractivity contribution in [1.29, 1.82) is 0 Å². The summed E-state index contributed by atoms with van der Waals surface area (Å²) in [5.41, 5.74) is -0.178. The number of amides is 1. The molecule has 0 fully saturated rings. The molecule has 134 valence electrons. The summed E-state index contributed by atoms with van der Waals surface area (Å²) in [6.45, 7) is 2.67. The van der Waals surface area contributed by atoms with Crippen LogP contribution in [0.4, 0.5) is 24.5 Å². The van der Waals surface area contributed by atoms with Crippen LogP contribution in [0.25, 0.3) is 0 Å². The summed E-state index contributed by atoms with van der Waals surface area (Å²) >= 11 is 0. The van der Waals surface area contributed by atoms with Crippen LogP contribution >= 0.6 is 0 Å². The van der Waals surface area contributed by atoms with E-state index in [1.807, 2.05) is 6.92 Å². The smallest absolute Gasteiger partial charge is 0.354 e. The minimum atomic E-state index is -4.45. The molecule has 1 aromatic heterocycles. The van der Waals surface area contributed by atoms with Crippen molar-refractivity contribution in [1.82, 2.24) is 9.88 Å². The summed E-state index contributed by atoms with van der Waals surface area (Å²) in [5, 5.41) is 2.70. The summed E-state index contributed by atoms with van der Waals surface area (Å²) in [5.74, 6) is -0.212. The molecule has 25 heavy (non-hydrogen) atoms. The second kappa shape index (κ2) is 8.00. The number of hydrogen-bond acceptors (Lipinski definition) is 3. The van der Waals surface area contributed by atoms with Crippen LogP contribution in [-0.4, -0.2) is 29.4 Å². The van der Waals surface area contributed by atoms with Gasteiger partial charge in [0, 0.05) is 13.6 Å². The van der Waals surface area contributed by atoms with Crippen molar-refractivity contribution in [3.63, 3.8) is 0 Å². The van der Waals surface area contributed by atoms with Gasteiger partial charge < -0.3 is 10.2 Å². The van der Waals surface area contributed by atoms with Gasteiger partial charge in [-0.25, -0.2) is 4.98 Å². The lowest BCUT2D eigenvalue weighted by Gasteiger charge is -2.17. The molecule has 1 aromatic carbocycles. The van der Waals surface area contributed by atoms with Gasteiger partial charge in [-0.05, 0) is 30.7 Å². The van der Waals surface area contributed by atoms with Gasteiger partial charge in [0.2, 0.25) is 0 Å². The minimum absolute atomic E-state index is 0.0593. The van der Waals surface area contributed by atoms with Gasteiger partial charge in [0.1, 0.15) is 5.69 Å². The number of nitrogens with one attached hydrogen (secondary N) is 1. The Bertz CT molecular complexity index is 714. The maximum atomic E-state index is 13.0. The molecule has 0 atom stereocenters. The molecular formula is C18H20F3N3O. The molecule has 0 spiro atoms. The van der Waals surface area contributed by atoms with Gasteiger partial charge in [0.05, 0.1) is 23.1 Å². The van der Waals surface area contributed by atoms with Crippen LogP contribution in [0.5, 0.6) is 0 Å². The lowest BCUT2D eigenvalue weighted by atomic mass is 10.1. The van der Waals surface area contributed by atoms with Gasteiger partial charge in [-0.3, -0.25) is 4.79 Å². The largest absolute Gasteiger partial charge is 0.418 e. The second-order valence-corrected chi connectivity index (χ2v) is 5.68. The van der Waals surface area contributed by atoms with Crippen LogP contribution in [0.1, 0.15) is 35.8 Å². The predicted octanol–water partition coefficient (Wildman–Crippen LogP) is 4.72. The number of benzene rings is 1. The Morgan fingerprint density at radius 3 is 2.52 bits per heavy atom. The highest BCUT2D eigenvalue weighted by Gasteiger charge is 2.33. The normalized spacial score (nSPS) is 11.2. The molecule has 0 saturated carbocycles. The number of hydrogen-bond donors (Lipinski definition) is 1. The lowest BCUT2D eigenvalue weighted by molar-refractivity contribution is -0.136. The van der Waals surface area contributed by atoms with E-state index in [-0.39, 0.29) is 17.3 Å². The first-order chi connectivity index (χ1) is 11.8. The van der Waals surface area contributed by atoms with Crippen molar-refractivity contribution in [3.8, 4) is 0 Å². The molecule has 1 amide bonds. The maximum Gasteiger partial charge on any atom is 0.418 e. The topological polar surface area (TPSA) is 45.2 Å². The fourth-order valence-corrected chi connectivity index (χ4v) is 2.28. The number of alkyl halides is 3. The van der Waals surface area contributed by atoms with Gasteiger partial charge >= 0.3 is 6.18 Å². The van der Waals surface area contributed by atoms with Gasteiger partial charge in [-0.1, -0.05) is 25.5 Å². The Morgan fingerprint density at radius 2 is 1.92 bits per heavy atom. The first-order valence-electron chi connectivity index (χ1n) is 7.97. The molecule has 0 unspecified atom stereocenters. The van der Waals surface area contributed by atoms with E-state index in [0.717, 1.165) is 18.9 Å². The van der Waals surface area contributed by atoms with Crippen molar-refractivity contribution in [2.75, 3.05) is 18.9 Å². The van der Waals surface area contributed by atoms with E-state index in [1.165, 1.54) is 30.5 Å². The van der Waals surface area contributed by atoms with Crippen molar-refractivity contribution in [2.24, 2.45) is 0 Å². The van der Waals surface area contributed by atoms with Crippen molar-refractivity contribution < 1.29 is 18.0 Å². The summed E-state index contributed by atoms with van der Waals surface area (Å²) in [6, 6.07) is 8.26. The Morgan fingerprint density at radius 1 is 1.20 bits per heavy atom. The van der Waals surface area contributed by atoms with Crippen LogP contribution in [0.2, 0.25) is 0 Å². The Labute approximate surface area is 144 Å². The predicted molar refractivity (Wildman–Crippen MR) is 90.8 cm³/mol. The Kier molecular flexibility index (Phi) is 6.01. The number of rotatable bonds is 6. The third-order valence-corrected chi connectivity index (χ3v) is 3.69. The van der Waals surface area contributed by atoms with Gasteiger partial charge in [0.15, 0.2) is 0 Å². The Hall–Kier alpha value is -2.57. The number of anilines is 2. The molecule has 0 bridgehead atoms. The number of aromatic nitrogens is 1. The number of pyridine rings is 1. The summed E-state index contributed by atoms with van der Waals surface area (Å²) in [4.78, 5) is 17.8. The zero-order valence-electron chi connectivity index (χ0n) is 14.1. The number of carbonyl (C=O) groups excluding carboxylic acids is 1. The number of unbranched alkanes of at least 4 members (excludes halogenated alkanes) is 1. The number of para-hydroxylation sites is 1. The monoisotopic (exact) mass is 351 g/mol. The van der Waals surface area contributed by atoms with E-state index in [9.17, 15) is 18.0 Å². The summed E-state index contributed by atoms with van der Waals surface area (Å²) in [6.07, 6.45) is -1.22. The average molecular weight is 351 g/mol. The van der Waals surface area contributed by atoms with E-state index in [1.54, 1.807) is 18.0 Å². The minimum Gasteiger partial charge on any atom is -0.354 e. The van der Waals surface area contributed by atoms with Crippen LogP contribution in [-0.2, 0) is 6.18 Å². The fraction of sp³-hybridized carbons (Fsp3) is 0.333. The van der Waals surface area contributed by atoms with E-state index in [0.29, 0.717) is 12.2 Å². The highest BCUT2D eigenvalue weighted by Crippen LogP contribution is 2.35. The van der Waals surface area contributed by atoms with Gasteiger partial charge in [-0.2, -0.15) is 13.2 Å². The van der Waals surface area contributed by atoms with Crippen LogP contribution < -0.4 is 5.32 Å². The Balaban J connectivity index is 2.13. The summed E-state index contributed by atoms with van der Waals surface area (Å²) < 4.78 is 39.0. The van der Waals surface area contributed by atoms with Crippen LogP contribution in [0.3, 0.4) is 0 Å². The van der Waals surface area contributed by atoms with E-state index < -0.39 is 11.7 Å². The van der Waals surface area contributed by atoms with Crippen molar-refractivity contribution in [2.45, 2.75) is 25.9 Å². The third kappa shape index (κ3) is 4.95. The molecule has 4 nitrogen and oxygen atoms in total. The number of nitrogens with zero attached hydrogens (tertiary/aromatic N) is 2. The average Bonchev–Trinajstić information content (AvgIpc) is 2.59. The molecule has 0 aliphatic rings. The molecule has 0 saturated heterocycles. The second-order valence-electron chi connectivity index (χ2n) is 5.68. The van der Waals surface area contributed by atoms with Crippen molar-refractivity contribution in [3.05, 3.63) is 53.9 Å². The zero-order valence-corrected chi connectivity index (χ0v) is 14.1. The first-order valence-corrected chi connectivity index (χ1v) is 7.97. The van der Waals surface area contributed by atoms with E-state index in [4.69, 9.17) is 0 Å². The molecule has 1 N–H and O–H groups in total. The molecule has 2 aromatic rings. The van der Waals surface area contributed by atoms with E-state index >= 15 is 0 Å². The standard InChI is InChI=1S/C18H20F3N3O/c1-3-4-11-24(2)17(25)16-10-9-13(12-22-16)23-15-8-6-5-7-14(15)18(19,20)21/h5-10,12,23H,3-4,11H2,1-2H3. The maximum absolute atomic E-state index is 13.0. The quantitative estimate of drug-likeness (QED) is 0.819. The number of carbonyl (C=O) groups is 1.